The van der Waals surface area contributed by atoms with Crippen molar-refractivity contribution in [2.75, 3.05) is 6.54 Å². The first-order chi connectivity index (χ1) is 4.66. The fraction of sp³-hybridized carbons (Fsp3) is 0.714. The zero-order chi connectivity index (χ0) is 7.72. The van der Waals surface area contributed by atoms with Crippen molar-refractivity contribution in [2.45, 2.75) is 26.8 Å². The van der Waals surface area contributed by atoms with Crippen LogP contribution in [0.1, 0.15) is 20.8 Å². The van der Waals surface area contributed by atoms with Crippen LogP contribution < -0.4 is 0 Å². The summed E-state index contributed by atoms with van der Waals surface area (Å²) in [4.78, 5) is 5.40. The molecule has 0 N–H and O–H groups in total. The van der Waals surface area contributed by atoms with Crippen molar-refractivity contribution in [3.05, 3.63) is 10.2 Å². The minimum Gasteiger partial charge on any atom is -0.409 e. The SMILES string of the molecule is CCN1OC(C)=C(Br)C1C. The number of hydroxylamine groups is 2. The van der Waals surface area contributed by atoms with Crippen molar-refractivity contribution in [3.8, 4) is 0 Å². The van der Waals surface area contributed by atoms with Gasteiger partial charge in [-0.25, -0.2) is 0 Å². The molecule has 0 bridgehead atoms. The van der Waals surface area contributed by atoms with Gasteiger partial charge in [0.25, 0.3) is 0 Å². The van der Waals surface area contributed by atoms with Crippen LogP contribution in [0, 0.1) is 0 Å². The van der Waals surface area contributed by atoms with Crippen LogP contribution in [-0.4, -0.2) is 17.6 Å². The van der Waals surface area contributed by atoms with E-state index >= 15 is 0 Å². The number of hydrogen-bond acceptors (Lipinski definition) is 2. The fourth-order valence-electron chi connectivity index (χ4n) is 1.06. The summed E-state index contributed by atoms with van der Waals surface area (Å²) in [5.41, 5.74) is 0. The molecule has 0 aliphatic carbocycles. The molecule has 3 heteroatoms. The Morgan fingerprint density at radius 1 is 1.70 bits per heavy atom. The monoisotopic (exact) mass is 205 g/mol. The van der Waals surface area contributed by atoms with E-state index in [-0.39, 0.29) is 0 Å². The number of allylic oxidation sites excluding steroid dienone is 1. The van der Waals surface area contributed by atoms with Crippen molar-refractivity contribution < 1.29 is 4.84 Å². The molecule has 0 spiro atoms. The first-order valence-corrected chi connectivity index (χ1v) is 4.27. The van der Waals surface area contributed by atoms with Gasteiger partial charge < -0.3 is 4.84 Å². The second-order valence-electron chi connectivity index (χ2n) is 2.40. The molecule has 0 saturated carbocycles. The Bertz CT molecular complexity index is 167. The van der Waals surface area contributed by atoms with E-state index in [1.165, 1.54) is 0 Å². The molecule has 1 rings (SSSR count). The summed E-state index contributed by atoms with van der Waals surface area (Å²) in [5, 5.41) is 1.94. The molecular weight excluding hydrogens is 194 g/mol. The molecule has 0 amide bonds. The van der Waals surface area contributed by atoms with E-state index in [4.69, 9.17) is 4.84 Å². The Kier molecular flexibility index (Phi) is 2.36. The van der Waals surface area contributed by atoms with Crippen LogP contribution in [-0.2, 0) is 4.84 Å². The maximum atomic E-state index is 5.40. The number of halogens is 1. The first kappa shape index (κ1) is 8.08. The van der Waals surface area contributed by atoms with Gasteiger partial charge in [-0.2, -0.15) is 0 Å². The molecular formula is C7H12BrNO. The molecule has 0 fully saturated rings. The molecule has 1 aliphatic rings. The third kappa shape index (κ3) is 1.20. The van der Waals surface area contributed by atoms with Crippen LogP contribution in [0.4, 0.5) is 0 Å². The largest absolute Gasteiger partial charge is 0.409 e. The lowest BCUT2D eigenvalue weighted by Crippen LogP contribution is -2.26. The highest BCUT2D eigenvalue weighted by Crippen LogP contribution is 2.29. The lowest BCUT2D eigenvalue weighted by atomic mass is 10.3. The molecule has 2 nitrogen and oxygen atoms in total. The first-order valence-electron chi connectivity index (χ1n) is 3.47. The molecule has 1 heterocycles. The predicted molar refractivity (Wildman–Crippen MR) is 44.6 cm³/mol. The molecule has 58 valence electrons. The quantitative estimate of drug-likeness (QED) is 0.652. The van der Waals surface area contributed by atoms with Crippen LogP contribution >= 0.6 is 15.9 Å². The summed E-state index contributed by atoms with van der Waals surface area (Å²) in [5.74, 6) is 0.981. The smallest absolute Gasteiger partial charge is 0.133 e. The summed E-state index contributed by atoms with van der Waals surface area (Å²) in [7, 11) is 0. The normalized spacial score (nSPS) is 27.4. The summed E-state index contributed by atoms with van der Waals surface area (Å²) < 4.78 is 1.16. The summed E-state index contributed by atoms with van der Waals surface area (Å²) in [6.45, 7) is 7.09. The van der Waals surface area contributed by atoms with Gasteiger partial charge in [0.1, 0.15) is 5.76 Å². The number of nitrogens with zero attached hydrogens (tertiary/aromatic N) is 1. The summed E-state index contributed by atoms with van der Waals surface area (Å²) in [6, 6.07) is 0.380. The van der Waals surface area contributed by atoms with Gasteiger partial charge >= 0.3 is 0 Å². The van der Waals surface area contributed by atoms with Crippen LogP contribution in [0.25, 0.3) is 0 Å². The molecule has 0 aromatic rings. The highest BCUT2D eigenvalue weighted by Gasteiger charge is 2.26. The molecule has 0 aromatic heterocycles. The number of rotatable bonds is 1. The topological polar surface area (TPSA) is 12.5 Å². The third-order valence-electron chi connectivity index (χ3n) is 1.70. The lowest BCUT2D eigenvalue weighted by Gasteiger charge is -2.17. The van der Waals surface area contributed by atoms with Crippen LogP contribution in [0.3, 0.4) is 0 Å². The molecule has 0 radical (unpaired) electrons. The highest BCUT2D eigenvalue weighted by molar-refractivity contribution is 9.11. The second-order valence-corrected chi connectivity index (χ2v) is 3.26. The zero-order valence-electron chi connectivity index (χ0n) is 6.52. The van der Waals surface area contributed by atoms with Gasteiger partial charge in [0, 0.05) is 6.54 Å². The number of likely N-dealkylation sites (N-methyl/N-ethyl adjacent to an activating group) is 1. The van der Waals surface area contributed by atoms with Gasteiger partial charge in [0.05, 0.1) is 10.5 Å². The number of hydrogen-bond donors (Lipinski definition) is 0. The van der Waals surface area contributed by atoms with Crippen LogP contribution in [0.15, 0.2) is 10.2 Å². The average Bonchev–Trinajstić information content (AvgIpc) is 2.17. The van der Waals surface area contributed by atoms with Gasteiger partial charge in [-0.05, 0) is 20.8 Å². The van der Waals surface area contributed by atoms with Crippen molar-refractivity contribution in [1.82, 2.24) is 5.06 Å². The molecule has 1 unspecified atom stereocenters. The highest BCUT2D eigenvalue weighted by atomic mass is 79.9. The molecule has 0 aromatic carbocycles. The predicted octanol–water partition coefficient (Wildman–Crippen LogP) is 2.27. The Morgan fingerprint density at radius 3 is 2.50 bits per heavy atom. The van der Waals surface area contributed by atoms with E-state index < -0.39 is 0 Å². The molecule has 10 heavy (non-hydrogen) atoms. The Hall–Kier alpha value is -0.0200. The average molecular weight is 206 g/mol. The van der Waals surface area contributed by atoms with Crippen molar-refractivity contribution >= 4 is 15.9 Å². The van der Waals surface area contributed by atoms with Gasteiger partial charge in [-0.1, -0.05) is 15.9 Å². The van der Waals surface area contributed by atoms with Crippen molar-refractivity contribution in [3.63, 3.8) is 0 Å². The standard InChI is InChI=1S/C7H12BrNO/c1-4-9-5(2)7(8)6(3)10-9/h5H,4H2,1-3H3. The van der Waals surface area contributed by atoms with Crippen LogP contribution in [0.5, 0.6) is 0 Å². The van der Waals surface area contributed by atoms with E-state index in [0.717, 1.165) is 16.8 Å². The Labute approximate surface area is 69.9 Å². The van der Waals surface area contributed by atoms with Gasteiger partial charge in [0.15, 0.2) is 0 Å². The van der Waals surface area contributed by atoms with Crippen molar-refractivity contribution in [1.29, 1.82) is 0 Å². The van der Waals surface area contributed by atoms with E-state index in [1.54, 1.807) is 0 Å². The molecule has 1 aliphatic heterocycles. The maximum Gasteiger partial charge on any atom is 0.133 e. The minimum absolute atomic E-state index is 0.380. The zero-order valence-corrected chi connectivity index (χ0v) is 8.10. The molecule has 0 saturated heterocycles. The fourth-order valence-corrected chi connectivity index (χ4v) is 1.36. The van der Waals surface area contributed by atoms with Gasteiger partial charge in [-0.3, -0.25) is 0 Å². The van der Waals surface area contributed by atoms with Crippen molar-refractivity contribution in [2.24, 2.45) is 0 Å². The lowest BCUT2D eigenvalue weighted by molar-refractivity contribution is -0.108. The maximum absolute atomic E-state index is 5.40. The third-order valence-corrected chi connectivity index (χ3v) is 2.92. The van der Waals surface area contributed by atoms with E-state index in [1.807, 2.05) is 12.0 Å². The van der Waals surface area contributed by atoms with E-state index in [0.29, 0.717) is 6.04 Å². The minimum atomic E-state index is 0.380. The van der Waals surface area contributed by atoms with Gasteiger partial charge in [0.2, 0.25) is 0 Å². The Morgan fingerprint density at radius 2 is 2.30 bits per heavy atom. The summed E-state index contributed by atoms with van der Waals surface area (Å²) >= 11 is 3.46. The Balaban J connectivity index is 2.67. The second kappa shape index (κ2) is 2.93. The molecule has 1 atom stereocenters. The van der Waals surface area contributed by atoms with Crippen LogP contribution in [0.2, 0.25) is 0 Å². The van der Waals surface area contributed by atoms with Gasteiger partial charge in [-0.15, -0.1) is 5.06 Å². The van der Waals surface area contributed by atoms with E-state index in [2.05, 4.69) is 29.8 Å². The van der Waals surface area contributed by atoms with E-state index in [9.17, 15) is 0 Å². The summed E-state index contributed by atoms with van der Waals surface area (Å²) in [6.07, 6.45) is 0.